The third-order valence-electron chi connectivity index (χ3n) is 2.61. The van der Waals surface area contributed by atoms with E-state index in [1.807, 2.05) is 17.3 Å². The van der Waals surface area contributed by atoms with Gasteiger partial charge in [0.05, 0.1) is 16.8 Å². The van der Waals surface area contributed by atoms with Crippen molar-refractivity contribution in [3.8, 4) is 0 Å². The Morgan fingerprint density at radius 2 is 2.31 bits per heavy atom. The SMILES string of the molecule is CC1(CN2CCNCC2)CN=CS1. The second-order valence-electron chi connectivity index (χ2n) is 4.04. The van der Waals surface area contributed by atoms with Crippen molar-refractivity contribution in [3.05, 3.63) is 0 Å². The highest BCUT2D eigenvalue weighted by atomic mass is 32.2. The number of thioether (sulfide) groups is 1. The topological polar surface area (TPSA) is 27.6 Å². The Balaban J connectivity index is 1.82. The lowest BCUT2D eigenvalue weighted by Crippen LogP contribution is -2.48. The number of piperazine rings is 1. The van der Waals surface area contributed by atoms with Gasteiger partial charge in [-0.3, -0.25) is 9.89 Å². The van der Waals surface area contributed by atoms with Crippen molar-refractivity contribution in [1.82, 2.24) is 10.2 Å². The molecule has 3 nitrogen and oxygen atoms in total. The van der Waals surface area contributed by atoms with Crippen LogP contribution in [0.2, 0.25) is 0 Å². The number of nitrogens with zero attached hydrogens (tertiary/aromatic N) is 2. The van der Waals surface area contributed by atoms with Crippen LogP contribution < -0.4 is 5.32 Å². The van der Waals surface area contributed by atoms with Crippen LogP contribution in [0, 0.1) is 0 Å². The molecule has 1 atom stereocenters. The number of nitrogens with one attached hydrogen (secondary N) is 1. The molecular weight excluding hydrogens is 182 g/mol. The van der Waals surface area contributed by atoms with Crippen LogP contribution in [0.4, 0.5) is 0 Å². The molecule has 2 aliphatic rings. The van der Waals surface area contributed by atoms with Gasteiger partial charge in [0.2, 0.25) is 0 Å². The molecule has 0 aromatic heterocycles. The maximum Gasteiger partial charge on any atom is 0.0556 e. The lowest BCUT2D eigenvalue weighted by Gasteiger charge is -2.33. The maximum atomic E-state index is 4.30. The van der Waals surface area contributed by atoms with Gasteiger partial charge < -0.3 is 5.32 Å². The largest absolute Gasteiger partial charge is 0.314 e. The molecule has 1 fully saturated rings. The van der Waals surface area contributed by atoms with Crippen LogP contribution in [-0.4, -0.2) is 54.5 Å². The molecule has 1 saturated heterocycles. The molecule has 0 amide bonds. The van der Waals surface area contributed by atoms with Gasteiger partial charge >= 0.3 is 0 Å². The Hall–Kier alpha value is -0.0600. The van der Waals surface area contributed by atoms with E-state index in [1.54, 1.807) is 0 Å². The summed E-state index contributed by atoms with van der Waals surface area (Å²) < 4.78 is 0.345. The molecule has 1 N–H and O–H groups in total. The minimum atomic E-state index is 0.345. The van der Waals surface area contributed by atoms with Crippen molar-refractivity contribution in [1.29, 1.82) is 0 Å². The van der Waals surface area contributed by atoms with Crippen molar-refractivity contribution in [2.75, 3.05) is 39.3 Å². The van der Waals surface area contributed by atoms with Crippen LogP contribution in [0.15, 0.2) is 4.99 Å². The van der Waals surface area contributed by atoms with Gasteiger partial charge in [-0.2, -0.15) is 0 Å². The third-order valence-corrected chi connectivity index (χ3v) is 3.69. The highest BCUT2D eigenvalue weighted by molar-refractivity contribution is 8.13. The Morgan fingerprint density at radius 3 is 2.92 bits per heavy atom. The number of rotatable bonds is 2. The van der Waals surface area contributed by atoms with Gasteiger partial charge in [-0.05, 0) is 6.92 Å². The van der Waals surface area contributed by atoms with E-state index in [4.69, 9.17) is 0 Å². The summed E-state index contributed by atoms with van der Waals surface area (Å²) in [4.78, 5) is 6.84. The molecule has 0 radical (unpaired) electrons. The van der Waals surface area contributed by atoms with Crippen molar-refractivity contribution in [2.45, 2.75) is 11.7 Å². The van der Waals surface area contributed by atoms with Gasteiger partial charge in [-0.15, -0.1) is 11.8 Å². The lowest BCUT2D eigenvalue weighted by atomic mass is 10.1. The Kier molecular flexibility index (Phi) is 2.91. The summed E-state index contributed by atoms with van der Waals surface area (Å²) in [6.07, 6.45) is 0. The standard InChI is InChI=1S/C9H17N3S/c1-9(6-11-8-13-9)7-12-4-2-10-3-5-12/h8,10H,2-7H2,1H3. The number of aliphatic imine (C=N–C) groups is 1. The monoisotopic (exact) mass is 199 g/mol. The molecule has 1 unspecified atom stereocenters. The van der Waals surface area contributed by atoms with E-state index < -0.39 is 0 Å². The molecule has 0 spiro atoms. The van der Waals surface area contributed by atoms with Crippen LogP contribution in [0.3, 0.4) is 0 Å². The van der Waals surface area contributed by atoms with Crippen molar-refractivity contribution in [3.63, 3.8) is 0 Å². The molecule has 4 heteroatoms. The smallest absolute Gasteiger partial charge is 0.0556 e. The Morgan fingerprint density at radius 1 is 1.54 bits per heavy atom. The fraction of sp³-hybridized carbons (Fsp3) is 0.889. The van der Waals surface area contributed by atoms with E-state index in [0.29, 0.717) is 4.75 Å². The molecule has 0 saturated carbocycles. The van der Waals surface area contributed by atoms with Gasteiger partial charge in [0.1, 0.15) is 0 Å². The average molecular weight is 199 g/mol. The van der Waals surface area contributed by atoms with Crippen molar-refractivity contribution in [2.24, 2.45) is 4.99 Å². The number of hydrogen-bond acceptors (Lipinski definition) is 4. The third kappa shape index (κ3) is 2.45. The highest BCUT2D eigenvalue weighted by Crippen LogP contribution is 2.29. The summed E-state index contributed by atoms with van der Waals surface area (Å²) in [5.41, 5.74) is 2.00. The Bertz CT molecular complexity index is 191. The lowest BCUT2D eigenvalue weighted by molar-refractivity contribution is 0.224. The van der Waals surface area contributed by atoms with E-state index in [1.165, 1.54) is 19.6 Å². The first kappa shape index (κ1) is 9.49. The van der Waals surface area contributed by atoms with Gasteiger partial charge in [-0.25, -0.2) is 0 Å². The zero-order valence-corrected chi connectivity index (χ0v) is 8.94. The van der Waals surface area contributed by atoms with Gasteiger partial charge in [0, 0.05) is 32.7 Å². The van der Waals surface area contributed by atoms with E-state index in [2.05, 4.69) is 22.1 Å². The van der Waals surface area contributed by atoms with Crippen LogP contribution in [0.1, 0.15) is 6.92 Å². The number of hydrogen-bond donors (Lipinski definition) is 1. The van der Waals surface area contributed by atoms with Crippen molar-refractivity contribution < 1.29 is 0 Å². The molecule has 13 heavy (non-hydrogen) atoms. The van der Waals surface area contributed by atoms with E-state index in [9.17, 15) is 0 Å². The van der Waals surface area contributed by atoms with Crippen LogP contribution in [0.25, 0.3) is 0 Å². The van der Waals surface area contributed by atoms with E-state index in [-0.39, 0.29) is 0 Å². The normalized spacial score (nSPS) is 35.5. The Labute approximate surface area is 84.0 Å². The molecule has 2 aliphatic heterocycles. The first-order valence-electron chi connectivity index (χ1n) is 4.88. The van der Waals surface area contributed by atoms with Crippen molar-refractivity contribution >= 4 is 17.3 Å². The summed E-state index contributed by atoms with van der Waals surface area (Å²) in [6.45, 7) is 9.14. The molecule has 2 rings (SSSR count). The molecule has 0 aromatic rings. The molecule has 2 heterocycles. The van der Waals surface area contributed by atoms with Crippen LogP contribution in [-0.2, 0) is 0 Å². The quantitative estimate of drug-likeness (QED) is 0.699. The molecular formula is C9H17N3S. The highest BCUT2D eigenvalue weighted by Gasteiger charge is 2.30. The second-order valence-corrected chi connectivity index (χ2v) is 5.47. The fourth-order valence-corrected chi connectivity index (χ4v) is 2.67. The zero-order chi connectivity index (χ0) is 9.15. The minimum absolute atomic E-state index is 0.345. The summed E-state index contributed by atoms with van der Waals surface area (Å²) >= 11 is 1.88. The molecule has 74 valence electrons. The first-order valence-corrected chi connectivity index (χ1v) is 5.76. The fourth-order valence-electron chi connectivity index (χ4n) is 1.86. The van der Waals surface area contributed by atoms with Crippen LogP contribution in [0.5, 0.6) is 0 Å². The van der Waals surface area contributed by atoms with E-state index in [0.717, 1.165) is 19.6 Å². The summed E-state index contributed by atoms with van der Waals surface area (Å²) in [5, 5.41) is 3.37. The first-order chi connectivity index (χ1) is 6.29. The average Bonchev–Trinajstić information content (AvgIpc) is 2.54. The zero-order valence-electron chi connectivity index (χ0n) is 8.12. The maximum absolute atomic E-state index is 4.30. The van der Waals surface area contributed by atoms with E-state index >= 15 is 0 Å². The van der Waals surface area contributed by atoms with Gasteiger partial charge in [-0.1, -0.05) is 0 Å². The minimum Gasteiger partial charge on any atom is -0.314 e. The second kappa shape index (κ2) is 3.98. The summed E-state index contributed by atoms with van der Waals surface area (Å²) in [5.74, 6) is 0. The summed E-state index contributed by atoms with van der Waals surface area (Å²) in [7, 11) is 0. The van der Waals surface area contributed by atoms with Gasteiger partial charge in [0.25, 0.3) is 0 Å². The van der Waals surface area contributed by atoms with Crippen LogP contribution >= 0.6 is 11.8 Å². The molecule has 0 bridgehead atoms. The predicted octanol–water partition coefficient (Wildman–Crippen LogP) is 0.425. The molecule has 0 aromatic carbocycles. The predicted molar refractivity (Wildman–Crippen MR) is 58.7 cm³/mol. The molecule has 0 aliphatic carbocycles. The summed E-state index contributed by atoms with van der Waals surface area (Å²) in [6, 6.07) is 0. The van der Waals surface area contributed by atoms with Gasteiger partial charge in [0.15, 0.2) is 0 Å².